The number of benzene rings is 21. The Kier molecular flexibility index (Phi) is 11.8. The van der Waals surface area contributed by atoms with Crippen molar-refractivity contribution in [2.75, 3.05) is 0 Å². The van der Waals surface area contributed by atoms with E-state index >= 15 is 24.0 Å². The van der Waals surface area contributed by atoms with Crippen LogP contribution in [-0.4, -0.2) is 29.8 Å². The van der Waals surface area contributed by atoms with E-state index in [4.69, 9.17) is 23.7 Å². The average molecular weight is 1730 g/mol. The number of hydrogen-bond donors (Lipinski definition) is 0. The zero-order valence-corrected chi connectivity index (χ0v) is 72.4. The Morgan fingerprint density at radius 2 is 0.548 bits per heavy atom. The van der Waals surface area contributed by atoms with E-state index in [2.05, 4.69) is 103 Å². The van der Waals surface area contributed by atoms with Crippen LogP contribution >= 0.6 is 0 Å². The third kappa shape index (κ3) is 7.33. The number of carbonyl (C=O) groups excluding carboxylic acids is 5. The van der Waals surface area contributed by atoms with E-state index in [0.717, 1.165) is 148 Å². The highest BCUT2D eigenvalue weighted by Crippen LogP contribution is 2.85. The molecule has 628 valence electrons. The predicted molar refractivity (Wildman–Crippen MR) is 536 cm³/mol. The minimum Gasteiger partial charge on any atom is -0.461 e. The Balaban J connectivity index is 0.000000159. The maximum Gasteiger partial charge on any atom is 0.307 e. The molecule has 135 heavy (non-hydrogen) atoms. The van der Waals surface area contributed by atoms with Gasteiger partial charge in [0.25, 0.3) is 0 Å². The van der Waals surface area contributed by atoms with E-state index in [0.29, 0.717) is 6.42 Å². The maximum absolute atomic E-state index is 16.3. The van der Waals surface area contributed by atoms with Crippen molar-refractivity contribution in [2.24, 2.45) is 17.8 Å². The van der Waals surface area contributed by atoms with E-state index in [9.17, 15) is 0 Å². The monoisotopic (exact) mass is 1730 g/mol. The topological polar surface area (TPSA) is 132 Å². The summed E-state index contributed by atoms with van der Waals surface area (Å²) in [6.45, 7) is 0.296. The summed E-state index contributed by atoms with van der Waals surface area (Å²) in [4.78, 5) is 79.1. The number of allylic oxidation sites excluding steroid dienone is 6. The van der Waals surface area contributed by atoms with Crippen molar-refractivity contribution >= 4 is 272 Å². The smallest absolute Gasteiger partial charge is 0.307 e. The molecule has 10 heteroatoms. The molecule has 10 nitrogen and oxygen atoms in total. The largest absolute Gasteiger partial charge is 0.461 e. The summed E-state index contributed by atoms with van der Waals surface area (Å²) in [5, 5.41) is 61.4. The first kappa shape index (κ1) is 69.9. The summed E-state index contributed by atoms with van der Waals surface area (Å²) < 4.78 is 32.7. The van der Waals surface area contributed by atoms with Gasteiger partial charge in [-0.2, -0.15) is 0 Å². The Labute approximate surface area is 764 Å². The molecule has 29 aromatic rings. The molecule has 8 aliphatic rings. The van der Waals surface area contributed by atoms with Crippen molar-refractivity contribution in [3.8, 4) is 0 Å². The average Bonchev–Trinajstić information content (AvgIpc) is 1.40. The number of ether oxygens (including phenoxy) is 5. The van der Waals surface area contributed by atoms with Gasteiger partial charge in [0, 0.05) is 23.7 Å². The van der Waals surface area contributed by atoms with Gasteiger partial charge in [-0.15, -0.1) is 0 Å². The zero-order chi connectivity index (χ0) is 87.3. The van der Waals surface area contributed by atoms with Crippen molar-refractivity contribution in [3.05, 3.63) is 338 Å². The highest BCUT2D eigenvalue weighted by atomic mass is 16.5. The molecule has 1 fully saturated rings. The molecule has 0 heterocycles. The molecule has 0 radical (unpaired) electrons. The molecule has 0 bridgehead atoms. The van der Waals surface area contributed by atoms with E-state index in [1.165, 1.54) is 124 Å². The number of hydrogen-bond acceptors (Lipinski definition) is 10. The normalized spacial score (nSPS) is 20.8. The molecule has 1 saturated carbocycles. The van der Waals surface area contributed by atoms with E-state index in [1.54, 1.807) is 53.9 Å². The van der Waals surface area contributed by atoms with Gasteiger partial charge < -0.3 is 23.7 Å². The second-order valence-corrected chi connectivity index (χ2v) is 41.4. The molecule has 0 N–H and O–H groups in total. The minimum atomic E-state index is -1.28. The first-order chi connectivity index (χ1) is 66.6. The van der Waals surface area contributed by atoms with Crippen LogP contribution in [-0.2, 0) is 96.9 Å². The van der Waals surface area contributed by atoms with Gasteiger partial charge in [0.1, 0.15) is 33.0 Å². The summed E-state index contributed by atoms with van der Waals surface area (Å²) in [7, 11) is 0. The van der Waals surface area contributed by atoms with Gasteiger partial charge in [0.05, 0.1) is 36.5 Å². The summed E-state index contributed by atoms with van der Waals surface area (Å²) in [6.07, 6.45) is 2.44. The second kappa shape index (κ2) is 22.7. The lowest BCUT2D eigenvalue weighted by atomic mass is 9.45. The predicted octanol–water partition coefficient (Wildman–Crippen LogP) is 28.3. The number of carbonyl (C=O) groups is 5. The highest BCUT2D eigenvalue weighted by molar-refractivity contribution is 6.71. The molecule has 0 spiro atoms. The maximum atomic E-state index is 16.3. The first-order valence-corrected chi connectivity index (χ1v) is 48.0. The molecule has 7 atom stereocenters. The van der Waals surface area contributed by atoms with Crippen LogP contribution in [0.25, 0.3) is 243 Å². The number of rotatable bonds is 20. The van der Waals surface area contributed by atoms with Crippen LogP contribution in [0, 0.1) is 17.8 Å². The van der Waals surface area contributed by atoms with Gasteiger partial charge in [-0.05, 0) is 339 Å². The molecule has 0 aliphatic heterocycles. The molecule has 8 aliphatic carbocycles. The van der Waals surface area contributed by atoms with E-state index in [1.807, 2.05) is 152 Å². The fourth-order valence-corrected chi connectivity index (χ4v) is 32.5. The Morgan fingerprint density at radius 3 is 0.926 bits per heavy atom. The van der Waals surface area contributed by atoms with Crippen LogP contribution in [0.1, 0.15) is 106 Å². The fraction of sp³-hybridized carbons (Fsp3) is 0.144. The van der Waals surface area contributed by atoms with E-state index < -0.39 is 45.9 Å². The standard InChI is InChI=1S/C85H58O10.C40H10/c86-59(91-39-44-16-6-1-7-17-44)34-49-32-57-55-30-28-53-51-26-27-52-54-29-31-56-58-33-50(35-60(87)92-40-45-18-8-2-9-19-45)65-64(49)76-82-77(65)84(58,37-62(89)94-42-47-22-12-4-13-23-47)79-71(56)69(54)73-67(52)66(51)72-68(53)70(55)78(83(57,76)36-61(88)93-41-46-20-10-3-11-21-46)80-74(72)75(73)81(79)85(80,82)38-63(90)95-43-48-24-14-5-15-25-48;1-2-12-14-5-6-16-18-9-10-20-19-8-7-17-15-4-3-13-11(1)21-22(12)32-24(14)26(16)34-29(18)30(20)35-28(19)27(17)33-25(15)23(13)31(21)36-37(32)39(34)40(35)38(33)36/h1-32,49-50,58,65H,33-43H2;1-10H/t49?,50?,58?,65?,83?,84?,85-;/m0./s1. The lowest BCUT2D eigenvalue weighted by Gasteiger charge is -2.56. The third-order valence-corrected chi connectivity index (χ3v) is 36.2. The molecule has 0 aromatic heterocycles. The van der Waals surface area contributed by atoms with Gasteiger partial charge in [-0.25, -0.2) is 0 Å². The zero-order valence-electron chi connectivity index (χ0n) is 72.4. The summed E-state index contributed by atoms with van der Waals surface area (Å²) in [6, 6.07) is 87.1. The molecule has 29 aromatic carbocycles. The van der Waals surface area contributed by atoms with Crippen LogP contribution < -0.4 is 0 Å². The minimum absolute atomic E-state index is 0.00472. The molecule has 6 unspecified atom stereocenters. The Hall–Kier alpha value is -15.9. The van der Waals surface area contributed by atoms with Gasteiger partial charge in [-0.1, -0.05) is 260 Å². The Bertz CT molecular complexity index is 9730. The third-order valence-electron chi connectivity index (χ3n) is 36.2. The summed E-state index contributed by atoms with van der Waals surface area (Å²) in [5.41, 5.74) is 11.5. The molecule has 37 rings (SSSR count). The molecule has 0 amide bonds. The van der Waals surface area contributed by atoms with Crippen molar-refractivity contribution in [3.63, 3.8) is 0 Å². The first-order valence-electron chi connectivity index (χ1n) is 48.0. The summed E-state index contributed by atoms with van der Waals surface area (Å²) >= 11 is 0. The van der Waals surface area contributed by atoms with Gasteiger partial charge in [-0.3, -0.25) is 24.0 Å². The molecule has 0 saturated heterocycles. The van der Waals surface area contributed by atoms with Crippen LogP contribution in [0.4, 0.5) is 0 Å². The number of fused-ring (bicyclic) bond motifs is 10. The van der Waals surface area contributed by atoms with Crippen LogP contribution in [0.15, 0.2) is 277 Å². The van der Waals surface area contributed by atoms with Crippen LogP contribution in [0.3, 0.4) is 0 Å². The molecular weight excluding hydrogens is 1660 g/mol. The SMILES string of the molecule is O=C(CC1C=C2c3ccc4c5ccc6c7ccc8c9c%10c%11c%12c%13c%14c(c3c4c%13c5c6c%12c97)C2(CC(=O)OCc2ccccc2)C2=C1C1C(=C2[C@@]%14%11CC(=O)OCc2ccccc2)C%10(CC(=O)OCc2ccccc2)C8CC1CC(=O)OCc1ccccc1)OCc1ccccc1.c1cc2c3ccc4c5ccc6c7ccc8c9ccc%10c1c1c2c2c3c4c3c5c6c4c7c8c5c9c%10c1c1c2c3c4c51. The van der Waals surface area contributed by atoms with Crippen molar-refractivity contribution < 1.29 is 47.7 Å². The number of esters is 5. The van der Waals surface area contributed by atoms with Crippen molar-refractivity contribution in [2.45, 2.75) is 93.7 Å². The highest BCUT2D eigenvalue weighted by Gasteiger charge is 2.76. The second-order valence-electron chi connectivity index (χ2n) is 41.4. The lowest BCUT2D eigenvalue weighted by molar-refractivity contribution is -0.149. The summed E-state index contributed by atoms with van der Waals surface area (Å²) in [5.74, 6) is -4.06. The molecular formula is C125H68O10. The fourth-order valence-electron chi connectivity index (χ4n) is 32.5. The van der Waals surface area contributed by atoms with Gasteiger partial charge in [0.2, 0.25) is 0 Å². The van der Waals surface area contributed by atoms with Crippen molar-refractivity contribution in [1.29, 1.82) is 0 Å². The van der Waals surface area contributed by atoms with Gasteiger partial charge in [0.15, 0.2) is 0 Å². The van der Waals surface area contributed by atoms with E-state index in [-0.39, 0.29) is 89.0 Å². The van der Waals surface area contributed by atoms with Crippen LogP contribution in [0.2, 0.25) is 0 Å². The quantitative estimate of drug-likeness (QED) is 0.0413. The Morgan fingerprint density at radius 1 is 0.259 bits per heavy atom. The van der Waals surface area contributed by atoms with Crippen molar-refractivity contribution in [1.82, 2.24) is 0 Å². The van der Waals surface area contributed by atoms with Gasteiger partial charge >= 0.3 is 29.8 Å². The lowest BCUT2D eigenvalue weighted by Crippen LogP contribution is -2.53. The van der Waals surface area contributed by atoms with Crippen LogP contribution in [0.5, 0.6) is 0 Å².